The first-order chi connectivity index (χ1) is 9.70. The van der Waals surface area contributed by atoms with Crippen LogP contribution in [0.2, 0.25) is 0 Å². The lowest BCUT2D eigenvalue weighted by Crippen LogP contribution is -2.31. The molecule has 4 nitrogen and oxygen atoms in total. The summed E-state index contributed by atoms with van der Waals surface area (Å²) >= 11 is 0. The normalized spacial score (nSPS) is 18.1. The van der Waals surface area contributed by atoms with E-state index in [0.717, 1.165) is 18.4 Å². The molecule has 3 N–H and O–H groups in total. The monoisotopic (exact) mass is 274 g/mol. The van der Waals surface area contributed by atoms with Gasteiger partial charge in [0.15, 0.2) is 0 Å². The van der Waals surface area contributed by atoms with Crippen LogP contribution in [-0.4, -0.2) is 19.6 Å². The number of nitrogens with one attached hydrogen (secondary N) is 1. The number of amides is 1. The molecule has 0 aromatic heterocycles. The Morgan fingerprint density at radius 3 is 2.55 bits per heavy atom. The van der Waals surface area contributed by atoms with Gasteiger partial charge in [0.2, 0.25) is 0 Å². The highest BCUT2D eigenvalue weighted by molar-refractivity contribution is 6.01. The van der Waals surface area contributed by atoms with Crippen molar-refractivity contribution in [3.8, 4) is 5.75 Å². The molecule has 0 heterocycles. The molecule has 0 atom stereocenters. The third-order valence-electron chi connectivity index (χ3n) is 4.46. The van der Waals surface area contributed by atoms with Crippen LogP contribution in [0, 0.1) is 17.8 Å². The van der Waals surface area contributed by atoms with Crippen molar-refractivity contribution in [2.75, 3.05) is 19.4 Å². The fraction of sp³-hybridized carbons (Fsp3) is 0.562. The van der Waals surface area contributed by atoms with Crippen LogP contribution in [0.5, 0.6) is 5.75 Å². The lowest BCUT2D eigenvalue weighted by Gasteiger charge is -2.17. The van der Waals surface area contributed by atoms with Crippen LogP contribution >= 0.6 is 0 Å². The smallest absolute Gasteiger partial charge is 0.257 e. The van der Waals surface area contributed by atoms with Gasteiger partial charge < -0.3 is 15.8 Å². The standard InChI is InChI=1S/C16H22N2O2/c1-20-14-4-2-3-13(17)15(14)16(19)18-9-12(10-5-6-10)11-7-8-11/h2-4,10-12H,5-9,17H2,1H3,(H,18,19). The fourth-order valence-electron chi connectivity index (χ4n) is 3.03. The van der Waals surface area contributed by atoms with Gasteiger partial charge in [-0.15, -0.1) is 0 Å². The molecule has 1 aromatic carbocycles. The van der Waals surface area contributed by atoms with E-state index >= 15 is 0 Å². The van der Waals surface area contributed by atoms with Crippen molar-refractivity contribution in [3.63, 3.8) is 0 Å². The molecule has 0 aliphatic heterocycles. The Balaban J connectivity index is 1.66. The molecule has 0 spiro atoms. The number of ether oxygens (including phenoxy) is 1. The molecule has 0 radical (unpaired) electrons. The van der Waals surface area contributed by atoms with Crippen molar-refractivity contribution in [1.29, 1.82) is 0 Å². The first-order valence-corrected chi connectivity index (χ1v) is 7.41. The van der Waals surface area contributed by atoms with Crippen LogP contribution in [0.4, 0.5) is 5.69 Å². The van der Waals surface area contributed by atoms with Gasteiger partial charge in [0.25, 0.3) is 5.91 Å². The molecule has 0 bridgehead atoms. The van der Waals surface area contributed by atoms with Crippen molar-refractivity contribution in [2.24, 2.45) is 17.8 Å². The highest BCUT2D eigenvalue weighted by atomic mass is 16.5. The second kappa shape index (κ2) is 5.35. The van der Waals surface area contributed by atoms with Gasteiger partial charge in [-0.2, -0.15) is 0 Å². The van der Waals surface area contributed by atoms with E-state index in [1.807, 2.05) is 0 Å². The van der Waals surface area contributed by atoms with Crippen molar-refractivity contribution >= 4 is 11.6 Å². The Morgan fingerprint density at radius 1 is 1.35 bits per heavy atom. The van der Waals surface area contributed by atoms with Crippen LogP contribution in [0.3, 0.4) is 0 Å². The number of anilines is 1. The molecule has 108 valence electrons. The van der Waals surface area contributed by atoms with Crippen molar-refractivity contribution < 1.29 is 9.53 Å². The number of rotatable bonds is 6. The second-order valence-electron chi connectivity index (χ2n) is 5.97. The second-order valence-corrected chi connectivity index (χ2v) is 5.97. The number of hydrogen-bond acceptors (Lipinski definition) is 3. The lowest BCUT2D eigenvalue weighted by atomic mass is 9.98. The number of benzene rings is 1. The number of carbonyl (C=O) groups excluding carboxylic acids is 1. The van der Waals surface area contributed by atoms with Gasteiger partial charge in [0, 0.05) is 12.2 Å². The number of methoxy groups -OCH3 is 1. The van der Waals surface area contributed by atoms with E-state index in [1.165, 1.54) is 25.7 Å². The van der Waals surface area contributed by atoms with Gasteiger partial charge in [0.1, 0.15) is 11.3 Å². The highest BCUT2D eigenvalue weighted by Gasteiger charge is 2.41. The van der Waals surface area contributed by atoms with E-state index in [0.29, 0.717) is 22.9 Å². The van der Waals surface area contributed by atoms with E-state index in [-0.39, 0.29) is 5.91 Å². The Hall–Kier alpha value is -1.71. The van der Waals surface area contributed by atoms with Crippen LogP contribution in [-0.2, 0) is 0 Å². The van der Waals surface area contributed by atoms with Gasteiger partial charge in [-0.3, -0.25) is 4.79 Å². The number of nitrogens with two attached hydrogens (primary N) is 1. The first-order valence-electron chi connectivity index (χ1n) is 7.41. The maximum Gasteiger partial charge on any atom is 0.257 e. The van der Waals surface area contributed by atoms with E-state index in [4.69, 9.17) is 10.5 Å². The van der Waals surface area contributed by atoms with Crippen molar-refractivity contribution in [3.05, 3.63) is 23.8 Å². The van der Waals surface area contributed by atoms with Crippen LogP contribution < -0.4 is 15.8 Å². The Bertz CT molecular complexity index is 495. The maximum absolute atomic E-state index is 12.4. The minimum Gasteiger partial charge on any atom is -0.496 e. The van der Waals surface area contributed by atoms with Gasteiger partial charge in [-0.25, -0.2) is 0 Å². The largest absolute Gasteiger partial charge is 0.496 e. The Labute approximate surface area is 119 Å². The average molecular weight is 274 g/mol. The molecule has 2 fully saturated rings. The molecule has 2 saturated carbocycles. The molecular formula is C16H22N2O2. The molecular weight excluding hydrogens is 252 g/mol. The molecule has 20 heavy (non-hydrogen) atoms. The van der Waals surface area contributed by atoms with E-state index in [2.05, 4.69) is 5.32 Å². The summed E-state index contributed by atoms with van der Waals surface area (Å²) in [7, 11) is 1.56. The lowest BCUT2D eigenvalue weighted by molar-refractivity contribution is 0.0941. The van der Waals surface area contributed by atoms with Crippen LogP contribution in [0.15, 0.2) is 18.2 Å². The first kappa shape index (κ1) is 13.3. The minimum absolute atomic E-state index is 0.119. The summed E-state index contributed by atoms with van der Waals surface area (Å²) in [6, 6.07) is 5.30. The topological polar surface area (TPSA) is 64.3 Å². The predicted octanol–water partition coefficient (Wildman–Crippen LogP) is 2.44. The zero-order valence-corrected chi connectivity index (χ0v) is 11.9. The zero-order valence-electron chi connectivity index (χ0n) is 11.9. The third kappa shape index (κ3) is 2.74. The molecule has 2 aliphatic carbocycles. The number of hydrogen-bond donors (Lipinski definition) is 2. The highest BCUT2D eigenvalue weighted by Crippen LogP contribution is 2.48. The maximum atomic E-state index is 12.4. The summed E-state index contributed by atoms with van der Waals surface area (Å²) in [6.45, 7) is 0.769. The average Bonchev–Trinajstić information content (AvgIpc) is 3.31. The van der Waals surface area contributed by atoms with E-state index < -0.39 is 0 Å². The van der Waals surface area contributed by atoms with Crippen LogP contribution in [0.1, 0.15) is 36.0 Å². The van der Waals surface area contributed by atoms with Gasteiger partial charge >= 0.3 is 0 Å². The van der Waals surface area contributed by atoms with Gasteiger partial charge in [0.05, 0.1) is 7.11 Å². The summed E-state index contributed by atoms with van der Waals surface area (Å²) in [6.07, 6.45) is 5.31. The minimum atomic E-state index is -0.119. The Morgan fingerprint density at radius 2 is 2.00 bits per heavy atom. The Kier molecular flexibility index (Phi) is 3.55. The molecule has 1 amide bonds. The van der Waals surface area contributed by atoms with E-state index in [1.54, 1.807) is 25.3 Å². The molecule has 3 rings (SSSR count). The summed E-state index contributed by atoms with van der Waals surface area (Å²) in [5.74, 6) is 2.74. The summed E-state index contributed by atoms with van der Waals surface area (Å²) in [4.78, 5) is 12.4. The molecule has 0 saturated heterocycles. The molecule has 2 aliphatic rings. The van der Waals surface area contributed by atoms with Crippen LogP contribution in [0.25, 0.3) is 0 Å². The fourth-order valence-corrected chi connectivity index (χ4v) is 3.03. The van der Waals surface area contributed by atoms with Crippen molar-refractivity contribution in [1.82, 2.24) is 5.32 Å². The number of carbonyl (C=O) groups is 1. The van der Waals surface area contributed by atoms with Gasteiger partial charge in [-0.1, -0.05) is 6.07 Å². The number of nitrogen functional groups attached to an aromatic ring is 1. The summed E-state index contributed by atoms with van der Waals surface area (Å²) < 4.78 is 5.23. The summed E-state index contributed by atoms with van der Waals surface area (Å²) in [5, 5.41) is 3.06. The molecule has 0 unspecified atom stereocenters. The van der Waals surface area contributed by atoms with Gasteiger partial charge in [-0.05, 0) is 55.6 Å². The van der Waals surface area contributed by atoms with Crippen molar-refractivity contribution in [2.45, 2.75) is 25.7 Å². The molecule has 1 aromatic rings. The predicted molar refractivity (Wildman–Crippen MR) is 78.7 cm³/mol. The quantitative estimate of drug-likeness (QED) is 0.783. The third-order valence-corrected chi connectivity index (χ3v) is 4.46. The zero-order chi connectivity index (χ0) is 14.1. The van der Waals surface area contributed by atoms with E-state index in [9.17, 15) is 4.79 Å². The SMILES string of the molecule is COc1cccc(N)c1C(=O)NCC(C1CC1)C1CC1. The molecule has 4 heteroatoms. The summed E-state index contributed by atoms with van der Waals surface area (Å²) in [5.41, 5.74) is 6.84.